The lowest BCUT2D eigenvalue weighted by Gasteiger charge is -2.17. The van der Waals surface area contributed by atoms with E-state index >= 15 is 0 Å². The number of nitrogens with zero attached hydrogens (tertiary/aromatic N) is 1. The van der Waals surface area contributed by atoms with Crippen molar-refractivity contribution in [3.05, 3.63) is 64.1 Å². The van der Waals surface area contributed by atoms with E-state index in [0.29, 0.717) is 11.4 Å². The van der Waals surface area contributed by atoms with E-state index in [1.165, 1.54) is 16.7 Å². The Kier molecular flexibility index (Phi) is 5.23. The van der Waals surface area contributed by atoms with Gasteiger partial charge >= 0.3 is 0 Å². The molecular weight excluding hydrogens is 318 g/mol. The maximum absolute atomic E-state index is 12.5. The number of hydrogen-bond acceptors (Lipinski definition) is 4. The number of rotatable bonds is 6. The third-order valence-electron chi connectivity index (χ3n) is 3.96. The summed E-state index contributed by atoms with van der Waals surface area (Å²) in [6.07, 6.45) is 3.58. The molecule has 0 radical (unpaired) electrons. The minimum absolute atomic E-state index is 0.113. The lowest BCUT2D eigenvalue weighted by Crippen LogP contribution is -2.33. The SMILES string of the molecule is CCCc1ncc(C(=O)NC(CN)c2ccc3ccccc3c2)s1. The van der Waals surface area contributed by atoms with Gasteiger partial charge < -0.3 is 11.1 Å². The van der Waals surface area contributed by atoms with Crippen LogP contribution in [0, 0.1) is 0 Å². The van der Waals surface area contributed by atoms with Crippen LogP contribution in [0.5, 0.6) is 0 Å². The molecule has 1 unspecified atom stereocenters. The predicted octanol–water partition coefficient (Wildman–Crippen LogP) is 3.68. The molecule has 3 aromatic rings. The highest BCUT2D eigenvalue weighted by Crippen LogP contribution is 2.21. The summed E-state index contributed by atoms with van der Waals surface area (Å²) in [5.74, 6) is -0.113. The van der Waals surface area contributed by atoms with Crippen molar-refractivity contribution >= 4 is 28.0 Å². The van der Waals surface area contributed by atoms with Crippen LogP contribution in [0.2, 0.25) is 0 Å². The summed E-state index contributed by atoms with van der Waals surface area (Å²) in [5.41, 5.74) is 6.92. The van der Waals surface area contributed by atoms with Gasteiger partial charge in [0.15, 0.2) is 0 Å². The first-order valence-corrected chi connectivity index (χ1v) is 8.97. The van der Waals surface area contributed by atoms with Crippen LogP contribution in [0.4, 0.5) is 0 Å². The van der Waals surface area contributed by atoms with Gasteiger partial charge in [-0.05, 0) is 35.2 Å². The van der Waals surface area contributed by atoms with E-state index in [-0.39, 0.29) is 11.9 Å². The number of aromatic nitrogens is 1. The smallest absolute Gasteiger partial charge is 0.263 e. The van der Waals surface area contributed by atoms with Crippen LogP contribution in [-0.4, -0.2) is 17.4 Å². The highest BCUT2D eigenvalue weighted by Gasteiger charge is 2.17. The molecule has 1 heterocycles. The van der Waals surface area contributed by atoms with Gasteiger partial charge in [0.25, 0.3) is 5.91 Å². The van der Waals surface area contributed by atoms with Gasteiger partial charge in [-0.25, -0.2) is 4.98 Å². The fourth-order valence-electron chi connectivity index (χ4n) is 2.68. The molecule has 124 valence electrons. The number of carbonyl (C=O) groups is 1. The van der Waals surface area contributed by atoms with Gasteiger partial charge in [0, 0.05) is 6.54 Å². The van der Waals surface area contributed by atoms with Gasteiger partial charge in [-0.3, -0.25) is 4.79 Å². The molecule has 0 fully saturated rings. The van der Waals surface area contributed by atoms with Crippen LogP contribution in [0.1, 0.15) is 39.6 Å². The molecule has 1 amide bonds. The third kappa shape index (κ3) is 3.63. The Hall–Kier alpha value is -2.24. The number of fused-ring (bicyclic) bond motifs is 1. The van der Waals surface area contributed by atoms with Crippen LogP contribution in [0.15, 0.2) is 48.7 Å². The third-order valence-corrected chi connectivity index (χ3v) is 5.01. The molecule has 5 heteroatoms. The zero-order valence-electron chi connectivity index (χ0n) is 13.7. The van der Waals surface area contributed by atoms with Crippen molar-refractivity contribution in [2.45, 2.75) is 25.8 Å². The molecule has 1 aromatic heterocycles. The van der Waals surface area contributed by atoms with E-state index in [0.717, 1.165) is 28.8 Å². The zero-order chi connectivity index (χ0) is 16.9. The summed E-state index contributed by atoms with van der Waals surface area (Å²) in [4.78, 5) is 17.4. The average Bonchev–Trinajstić information content (AvgIpc) is 3.08. The number of nitrogens with two attached hydrogens (primary N) is 1. The van der Waals surface area contributed by atoms with Crippen molar-refractivity contribution in [2.75, 3.05) is 6.54 Å². The second-order valence-electron chi connectivity index (χ2n) is 5.74. The number of nitrogens with one attached hydrogen (secondary N) is 1. The van der Waals surface area contributed by atoms with E-state index in [2.05, 4.69) is 41.5 Å². The molecule has 0 aliphatic heterocycles. The standard InChI is InChI=1S/C19H21N3OS/c1-2-5-18-21-12-17(24-18)19(23)22-16(11-20)15-9-8-13-6-3-4-7-14(13)10-15/h3-4,6-10,12,16H,2,5,11,20H2,1H3,(H,22,23). The average molecular weight is 339 g/mol. The number of hydrogen-bond donors (Lipinski definition) is 2. The van der Waals surface area contributed by atoms with E-state index in [1.54, 1.807) is 6.20 Å². The zero-order valence-corrected chi connectivity index (χ0v) is 14.5. The largest absolute Gasteiger partial charge is 0.343 e. The van der Waals surface area contributed by atoms with Crippen molar-refractivity contribution in [3.8, 4) is 0 Å². The van der Waals surface area contributed by atoms with Gasteiger partial charge in [-0.1, -0.05) is 43.3 Å². The number of thiazole rings is 1. The second-order valence-corrected chi connectivity index (χ2v) is 6.85. The molecule has 4 nitrogen and oxygen atoms in total. The summed E-state index contributed by atoms with van der Waals surface area (Å²) in [6.45, 7) is 2.45. The first kappa shape index (κ1) is 16.6. The fourth-order valence-corrected chi connectivity index (χ4v) is 3.60. The van der Waals surface area contributed by atoms with Crippen LogP contribution in [0.25, 0.3) is 10.8 Å². The van der Waals surface area contributed by atoms with E-state index in [4.69, 9.17) is 5.73 Å². The van der Waals surface area contributed by atoms with Crippen molar-refractivity contribution in [1.82, 2.24) is 10.3 Å². The predicted molar refractivity (Wildman–Crippen MR) is 99.3 cm³/mol. The van der Waals surface area contributed by atoms with E-state index in [9.17, 15) is 4.79 Å². The Bertz CT molecular complexity index is 843. The first-order chi connectivity index (χ1) is 11.7. The highest BCUT2D eigenvalue weighted by atomic mass is 32.1. The van der Waals surface area contributed by atoms with Gasteiger partial charge in [0.2, 0.25) is 0 Å². The molecule has 0 bridgehead atoms. The summed E-state index contributed by atoms with van der Waals surface area (Å²) < 4.78 is 0. The van der Waals surface area contributed by atoms with Crippen molar-refractivity contribution in [2.24, 2.45) is 5.73 Å². The molecule has 0 aliphatic rings. The lowest BCUT2D eigenvalue weighted by atomic mass is 10.0. The number of aryl methyl sites for hydroxylation is 1. The molecule has 0 saturated carbocycles. The van der Waals surface area contributed by atoms with Gasteiger partial charge in [-0.15, -0.1) is 11.3 Å². The second kappa shape index (κ2) is 7.55. The Morgan fingerprint density at radius 2 is 2.04 bits per heavy atom. The number of benzene rings is 2. The van der Waals surface area contributed by atoms with Crippen LogP contribution < -0.4 is 11.1 Å². The van der Waals surface area contributed by atoms with Gasteiger partial charge in [0.05, 0.1) is 17.2 Å². The van der Waals surface area contributed by atoms with Gasteiger partial charge in [0.1, 0.15) is 4.88 Å². The van der Waals surface area contributed by atoms with E-state index in [1.807, 2.05) is 18.2 Å². The molecule has 1 atom stereocenters. The van der Waals surface area contributed by atoms with Crippen LogP contribution in [0.3, 0.4) is 0 Å². The molecule has 0 saturated heterocycles. The quantitative estimate of drug-likeness (QED) is 0.720. The number of amides is 1. The summed E-state index contributed by atoms with van der Waals surface area (Å²) >= 11 is 1.45. The minimum Gasteiger partial charge on any atom is -0.343 e. The topological polar surface area (TPSA) is 68.0 Å². The molecule has 24 heavy (non-hydrogen) atoms. The Balaban J connectivity index is 1.78. The Morgan fingerprint density at radius 1 is 1.25 bits per heavy atom. The monoisotopic (exact) mass is 339 g/mol. The molecule has 3 N–H and O–H groups in total. The lowest BCUT2D eigenvalue weighted by molar-refractivity contribution is 0.0941. The summed E-state index contributed by atoms with van der Waals surface area (Å²) in [6, 6.07) is 14.1. The normalized spacial score (nSPS) is 12.2. The maximum Gasteiger partial charge on any atom is 0.263 e. The van der Waals surface area contributed by atoms with Gasteiger partial charge in [-0.2, -0.15) is 0 Å². The highest BCUT2D eigenvalue weighted by molar-refractivity contribution is 7.13. The van der Waals surface area contributed by atoms with Crippen LogP contribution >= 0.6 is 11.3 Å². The molecule has 3 rings (SSSR count). The fraction of sp³-hybridized carbons (Fsp3) is 0.263. The molecular formula is C19H21N3OS. The molecule has 0 spiro atoms. The minimum atomic E-state index is -0.209. The Morgan fingerprint density at radius 3 is 2.79 bits per heavy atom. The maximum atomic E-state index is 12.5. The van der Waals surface area contributed by atoms with Crippen LogP contribution in [-0.2, 0) is 6.42 Å². The molecule has 0 aliphatic carbocycles. The molecule has 2 aromatic carbocycles. The van der Waals surface area contributed by atoms with E-state index < -0.39 is 0 Å². The van der Waals surface area contributed by atoms with Crippen molar-refractivity contribution in [1.29, 1.82) is 0 Å². The Labute approximate surface area is 145 Å². The van der Waals surface area contributed by atoms with Crippen molar-refractivity contribution < 1.29 is 4.79 Å². The van der Waals surface area contributed by atoms with Crippen molar-refractivity contribution in [3.63, 3.8) is 0 Å². The summed E-state index contributed by atoms with van der Waals surface area (Å²) in [5, 5.41) is 6.34. The number of carbonyl (C=O) groups excluding carboxylic acids is 1. The summed E-state index contributed by atoms with van der Waals surface area (Å²) in [7, 11) is 0. The first-order valence-electron chi connectivity index (χ1n) is 8.15.